The minimum Gasteiger partial charge on any atom is -0.311 e. The number of fused-ring (bicyclic) bond motifs is 2. The molecule has 5 rings (SSSR count). The summed E-state index contributed by atoms with van der Waals surface area (Å²) in [6.45, 7) is 6.18. The second kappa shape index (κ2) is 4.69. The van der Waals surface area contributed by atoms with Gasteiger partial charge in [-0.25, -0.2) is 0 Å². The van der Waals surface area contributed by atoms with Gasteiger partial charge in [0.25, 0.3) is 0 Å². The van der Waals surface area contributed by atoms with Gasteiger partial charge in [0.15, 0.2) is 0 Å². The molecule has 1 N–H and O–H groups in total. The molecule has 0 amide bonds. The highest BCUT2D eigenvalue weighted by molar-refractivity contribution is 5.92. The van der Waals surface area contributed by atoms with Gasteiger partial charge in [-0.1, -0.05) is 30.9 Å². The molecule has 0 saturated heterocycles. The van der Waals surface area contributed by atoms with Gasteiger partial charge in [0.05, 0.1) is 6.04 Å². The smallest absolute Gasteiger partial charge is 0.0576 e. The topological polar surface area (TPSA) is 24.4 Å². The summed E-state index contributed by atoms with van der Waals surface area (Å²) < 4.78 is 0. The number of hydrogen-bond donors (Lipinski definition) is 1. The lowest BCUT2D eigenvalue weighted by Gasteiger charge is -2.46. The molecule has 5 atom stereocenters. The highest BCUT2D eigenvalue weighted by Gasteiger charge is 2.52. The fourth-order valence-corrected chi connectivity index (χ4v) is 5.93. The molecular weight excluding hydrogens is 268 g/mol. The second-order valence-electron chi connectivity index (χ2n) is 9.06. The number of hydrogen-bond acceptors (Lipinski definition) is 2. The Morgan fingerprint density at radius 1 is 1.27 bits per heavy atom. The molecule has 2 saturated carbocycles. The van der Waals surface area contributed by atoms with E-state index in [9.17, 15) is 0 Å². The van der Waals surface area contributed by atoms with E-state index in [1.807, 2.05) is 5.57 Å². The van der Waals surface area contributed by atoms with Crippen molar-refractivity contribution in [3.05, 3.63) is 11.1 Å². The Morgan fingerprint density at radius 3 is 2.95 bits per heavy atom. The average Bonchev–Trinajstić information content (AvgIpc) is 3.22. The van der Waals surface area contributed by atoms with E-state index in [0.717, 1.165) is 17.8 Å². The van der Waals surface area contributed by atoms with Crippen LogP contribution in [0.3, 0.4) is 0 Å². The number of nitrogens with zero attached hydrogens (tertiary/aromatic N) is 1. The maximum atomic E-state index is 5.38. The van der Waals surface area contributed by atoms with E-state index < -0.39 is 0 Å². The fraction of sp³-hybridized carbons (Fsp3) is 0.850. The van der Waals surface area contributed by atoms with E-state index in [1.165, 1.54) is 57.9 Å². The molecule has 0 aromatic heterocycles. The van der Waals surface area contributed by atoms with Gasteiger partial charge in [-0.2, -0.15) is 0 Å². The van der Waals surface area contributed by atoms with E-state index in [4.69, 9.17) is 4.99 Å². The monoisotopic (exact) mass is 298 g/mol. The van der Waals surface area contributed by atoms with Gasteiger partial charge in [0.1, 0.15) is 0 Å². The number of nitrogens with one attached hydrogen (secondary N) is 1. The van der Waals surface area contributed by atoms with Gasteiger partial charge in [-0.05, 0) is 63.3 Å². The van der Waals surface area contributed by atoms with Gasteiger partial charge in [0.2, 0.25) is 0 Å². The first-order chi connectivity index (χ1) is 10.6. The normalized spacial score (nSPS) is 47.1. The van der Waals surface area contributed by atoms with Crippen LogP contribution >= 0.6 is 0 Å². The molecule has 2 heterocycles. The van der Waals surface area contributed by atoms with Gasteiger partial charge in [-0.15, -0.1) is 0 Å². The van der Waals surface area contributed by atoms with Crippen LogP contribution in [-0.4, -0.2) is 23.8 Å². The standard InChI is InChI=1S/C20H30N2/c1-12-19-17(8-13-5-6-13)16-9-15-11-20(12,2)21-7-3-4-14(15)10-18(16)22-19/h12-13,16-17,19,21H,3-11H2,1-2H3. The molecule has 0 spiro atoms. The van der Waals surface area contributed by atoms with Crippen LogP contribution in [0.5, 0.6) is 0 Å². The molecule has 2 aliphatic heterocycles. The molecule has 3 aliphatic carbocycles. The Morgan fingerprint density at radius 2 is 2.14 bits per heavy atom. The first-order valence-corrected chi connectivity index (χ1v) is 9.65. The van der Waals surface area contributed by atoms with Crippen molar-refractivity contribution >= 4 is 5.71 Å². The number of rotatable bonds is 2. The summed E-state index contributed by atoms with van der Waals surface area (Å²) in [6, 6.07) is 0.595. The first-order valence-electron chi connectivity index (χ1n) is 9.65. The summed E-state index contributed by atoms with van der Waals surface area (Å²) in [5, 5.41) is 3.95. The molecule has 2 nitrogen and oxygen atoms in total. The number of aliphatic imine (C=N–C) groups is 1. The summed E-state index contributed by atoms with van der Waals surface area (Å²) in [5.74, 6) is 3.38. The van der Waals surface area contributed by atoms with E-state index in [1.54, 1.807) is 11.3 Å². The minimum atomic E-state index is 0.266. The Labute approximate surface area is 134 Å². The highest BCUT2D eigenvalue weighted by atomic mass is 15.0. The van der Waals surface area contributed by atoms with Gasteiger partial charge < -0.3 is 5.32 Å². The highest BCUT2D eigenvalue weighted by Crippen LogP contribution is 2.53. The first kappa shape index (κ1) is 13.8. The van der Waals surface area contributed by atoms with Gasteiger partial charge in [-0.3, -0.25) is 4.99 Å². The van der Waals surface area contributed by atoms with Crippen molar-refractivity contribution in [2.75, 3.05) is 6.54 Å². The molecule has 22 heavy (non-hydrogen) atoms. The molecule has 5 unspecified atom stereocenters. The van der Waals surface area contributed by atoms with E-state index in [2.05, 4.69) is 19.2 Å². The number of allylic oxidation sites excluding steroid dienone is 1. The van der Waals surface area contributed by atoms with Crippen molar-refractivity contribution in [1.29, 1.82) is 0 Å². The third-order valence-corrected chi connectivity index (χ3v) is 7.64. The molecule has 2 fully saturated rings. The van der Waals surface area contributed by atoms with Crippen LogP contribution in [0.2, 0.25) is 0 Å². The Kier molecular flexibility index (Phi) is 2.94. The largest absolute Gasteiger partial charge is 0.311 e. The molecule has 4 bridgehead atoms. The predicted molar refractivity (Wildman–Crippen MR) is 91.2 cm³/mol. The molecule has 5 aliphatic rings. The van der Waals surface area contributed by atoms with Crippen LogP contribution < -0.4 is 5.32 Å². The van der Waals surface area contributed by atoms with Crippen molar-refractivity contribution in [3.8, 4) is 0 Å². The Balaban J connectivity index is 1.60. The summed E-state index contributed by atoms with van der Waals surface area (Å²) in [5.41, 5.74) is 5.48. The van der Waals surface area contributed by atoms with Crippen molar-refractivity contribution in [2.45, 2.75) is 76.8 Å². The van der Waals surface area contributed by atoms with Crippen LogP contribution in [0.4, 0.5) is 0 Å². The summed E-state index contributed by atoms with van der Waals surface area (Å²) in [4.78, 5) is 5.38. The molecule has 0 radical (unpaired) electrons. The zero-order valence-electron chi connectivity index (χ0n) is 14.2. The van der Waals surface area contributed by atoms with Crippen LogP contribution in [0, 0.1) is 23.7 Å². The average molecular weight is 298 g/mol. The van der Waals surface area contributed by atoms with Crippen LogP contribution in [-0.2, 0) is 0 Å². The SMILES string of the molecule is CC1C2N=C3CC4=C(CC3C2CC2CC2)CC1(C)NCCC4. The molecule has 0 aromatic carbocycles. The Hall–Kier alpha value is -0.630. The predicted octanol–water partition coefficient (Wildman–Crippen LogP) is 4.11. The zero-order chi connectivity index (χ0) is 14.9. The van der Waals surface area contributed by atoms with Crippen LogP contribution in [0.15, 0.2) is 16.1 Å². The maximum absolute atomic E-state index is 5.38. The second-order valence-corrected chi connectivity index (χ2v) is 9.06. The van der Waals surface area contributed by atoms with Gasteiger partial charge in [0, 0.05) is 23.6 Å². The quantitative estimate of drug-likeness (QED) is 0.762. The lowest BCUT2D eigenvalue weighted by Crippen LogP contribution is -2.55. The minimum absolute atomic E-state index is 0.266. The third-order valence-electron chi connectivity index (χ3n) is 7.64. The molecule has 0 aromatic rings. The molecule has 2 heteroatoms. The van der Waals surface area contributed by atoms with Crippen LogP contribution in [0.1, 0.15) is 65.2 Å². The van der Waals surface area contributed by atoms with E-state index in [0.29, 0.717) is 12.0 Å². The van der Waals surface area contributed by atoms with Crippen molar-refractivity contribution in [3.63, 3.8) is 0 Å². The zero-order valence-corrected chi connectivity index (χ0v) is 14.2. The van der Waals surface area contributed by atoms with Crippen LogP contribution in [0.25, 0.3) is 0 Å². The van der Waals surface area contributed by atoms with E-state index in [-0.39, 0.29) is 5.54 Å². The summed E-state index contributed by atoms with van der Waals surface area (Å²) in [7, 11) is 0. The van der Waals surface area contributed by atoms with Crippen molar-refractivity contribution < 1.29 is 0 Å². The van der Waals surface area contributed by atoms with Gasteiger partial charge >= 0.3 is 0 Å². The summed E-state index contributed by atoms with van der Waals surface area (Å²) >= 11 is 0. The fourth-order valence-electron chi connectivity index (χ4n) is 5.93. The van der Waals surface area contributed by atoms with E-state index >= 15 is 0 Å². The van der Waals surface area contributed by atoms with Crippen molar-refractivity contribution in [1.82, 2.24) is 5.32 Å². The maximum Gasteiger partial charge on any atom is 0.0576 e. The Bertz CT molecular complexity index is 556. The third kappa shape index (κ3) is 1.99. The molecular formula is C20H30N2. The van der Waals surface area contributed by atoms with Crippen molar-refractivity contribution in [2.24, 2.45) is 28.7 Å². The lowest BCUT2D eigenvalue weighted by atomic mass is 9.63. The lowest BCUT2D eigenvalue weighted by molar-refractivity contribution is 0.147. The summed E-state index contributed by atoms with van der Waals surface area (Å²) in [6.07, 6.45) is 10.9. The molecule has 120 valence electrons.